The van der Waals surface area contributed by atoms with Crippen LogP contribution >= 0.6 is 0 Å². The summed E-state index contributed by atoms with van der Waals surface area (Å²) >= 11 is 0. The van der Waals surface area contributed by atoms with Crippen LogP contribution in [0.25, 0.3) is 11.3 Å². The van der Waals surface area contributed by atoms with Gasteiger partial charge in [-0.05, 0) is 51.5 Å². The van der Waals surface area contributed by atoms with Crippen LogP contribution in [0.4, 0.5) is 9.18 Å². The number of hydrogen-bond acceptors (Lipinski definition) is 4. The van der Waals surface area contributed by atoms with Crippen molar-refractivity contribution in [3.63, 3.8) is 0 Å². The maximum Gasteiger partial charge on any atom is 0.410 e. The first-order valence-corrected chi connectivity index (χ1v) is 8.97. The Kier molecular flexibility index (Phi) is 5.04. The molecule has 0 aliphatic carbocycles. The van der Waals surface area contributed by atoms with Gasteiger partial charge in [-0.3, -0.25) is 4.79 Å². The van der Waals surface area contributed by atoms with Crippen molar-refractivity contribution in [2.24, 2.45) is 0 Å². The third-order valence-electron chi connectivity index (χ3n) is 4.45. The van der Waals surface area contributed by atoms with Gasteiger partial charge >= 0.3 is 6.09 Å². The number of nitrogens with zero attached hydrogens (tertiary/aromatic N) is 3. The lowest BCUT2D eigenvalue weighted by atomic mass is 10.1. The number of carbonyl (C=O) groups is 2. The predicted octanol–water partition coefficient (Wildman–Crippen LogP) is 4.07. The monoisotopic (exact) mass is 373 g/mol. The summed E-state index contributed by atoms with van der Waals surface area (Å²) in [6, 6.07) is 5.85. The summed E-state index contributed by atoms with van der Waals surface area (Å²) in [6.45, 7) is 7.99. The van der Waals surface area contributed by atoms with Crippen LogP contribution in [0.3, 0.4) is 0 Å². The molecule has 0 N–H and O–H groups in total. The molecule has 1 amide bonds. The molecular weight excluding hydrogens is 349 g/mol. The van der Waals surface area contributed by atoms with Gasteiger partial charge < -0.3 is 14.2 Å². The van der Waals surface area contributed by atoms with Crippen molar-refractivity contribution < 1.29 is 18.7 Å². The lowest BCUT2D eigenvalue weighted by Gasteiger charge is -2.24. The van der Waals surface area contributed by atoms with E-state index in [4.69, 9.17) is 4.74 Å². The second kappa shape index (κ2) is 7.13. The first kappa shape index (κ1) is 19.1. The zero-order valence-electron chi connectivity index (χ0n) is 16.0. The van der Waals surface area contributed by atoms with Gasteiger partial charge in [0.1, 0.15) is 17.1 Å². The number of rotatable bonds is 3. The van der Waals surface area contributed by atoms with Crippen LogP contribution < -0.4 is 0 Å². The summed E-state index contributed by atoms with van der Waals surface area (Å²) in [5.41, 5.74) is 1.13. The third kappa shape index (κ3) is 4.18. The average molecular weight is 373 g/mol. The van der Waals surface area contributed by atoms with E-state index in [9.17, 15) is 14.0 Å². The molecule has 27 heavy (non-hydrogen) atoms. The molecule has 1 atom stereocenters. The molecule has 0 radical (unpaired) electrons. The maximum atomic E-state index is 13.2. The van der Waals surface area contributed by atoms with Crippen LogP contribution in [-0.4, -0.2) is 45.0 Å². The van der Waals surface area contributed by atoms with E-state index in [-0.39, 0.29) is 23.7 Å². The van der Waals surface area contributed by atoms with E-state index in [0.717, 1.165) is 0 Å². The summed E-state index contributed by atoms with van der Waals surface area (Å²) in [4.78, 5) is 30.6. The molecule has 7 heteroatoms. The summed E-state index contributed by atoms with van der Waals surface area (Å²) in [7, 11) is 0. The lowest BCUT2D eigenvalue weighted by Crippen LogP contribution is -2.35. The van der Waals surface area contributed by atoms with Crippen LogP contribution in [0.5, 0.6) is 0 Å². The quantitative estimate of drug-likeness (QED) is 0.761. The average Bonchev–Trinajstić information content (AvgIpc) is 3.20. The van der Waals surface area contributed by atoms with Crippen LogP contribution in [0, 0.1) is 5.82 Å². The highest BCUT2D eigenvalue weighted by Crippen LogP contribution is 2.30. The van der Waals surface area contributed by atoms with Crippen LogP contribution in [0.2, 0.25) is 0 Å². The van der Waals surface area contributed by atoms with E-state index in [1.165, 1.54) is 19.1 Å². The summed E-state index contributed by atoms with van der Waals surface area (Å²) in [5, 5.41) is 0. The Morgan fingerprint density at radius 3 is 2.48 bits per heavy atom. The van der Waals surface area contributed by atoms with Crippen LogP contribution in [0.1, 0.15) is 50.6 Å². The molecule has 1 aliphatic heterocycles. The molecule has 0 spiro atoms. The van der Waals surface area contributed by atoms with Crippen molar-refractivity contribution in [1.29, 1.82) is 0 Å². The van der Waals surface area contributed by atoms with Crippen molar-refractivity contribution in [3.8, 4) is 11.3 Å². The van der Waals surface area contributed by atoms with Gasteiger partial charge in [0.15, 0.2) is 5.78 Å². The molecule has 2 aromatic rings. The van der Waals surface area contributed by atoms with Crippen LogP contribution in [0.15, 0.2) is 30.6 Å². The maximum absolute atomic E-state index is 13.2. The molecule has 1 aromatic heterocycles. The molecular formula is C20H24FN3O3. The zero-order valence-corrected chi connectivity index (χ0v) is 16.0. The normalized spacial score (nSPS) is 17.2. The molecule has 0 saturated carbocycles. The first-order chi connectivity index (χ1) is 12.7. The lowest BCUT2D eigenvalue weighted by molar-refractivity contribution is 0.0289. The number of likely N-dealkylation sites (tertiary alicyclic amines) is 1. The van der Waals surface area contributed by atoms with E-state index in [1.807, 2.05) is 25.3 Å². The number of carbonyl (C=O) groups excluding carboxylic acids is 2. The van der Waals surface area contributed by atoms with Gasteiger partial charge in [0.25, 0.3) is 0 Å². The molecule has 1 saturated heterocycles. The number of Topliss-reactive ketones (excluding diaryl/α,β-unsaturated/α-hetero) is 1. The van der Waals surface area contributed by atoms with E-state index in [2.05, 4.69) is 4.98 Å². The molecule has 2 heterocycles. The summed E-state index contributed by atoms with van der Waals surface area (Å²) in [6.07, 6.45) is 1.98. The highest BCUT2D eigenvalue weighted by Gasteiger charge is 2.32. The van der Waals surface area contributed by atoms with Gasteiger partial charge in [0.05, 0.1) is 18.1 Å². The Morgan fingerprint density at radius 1 is 1.22 bits per heavy atom. The smallest absolute Gasteiger partial charge is 0.410 e. The fraction of sp³-hybridized carbons (Fsp3) is 0.450. The Labute approximate surface area is 157 Å². The van der Waals surface area contributed by atoms with Gasteiger partial charge in [-0.2, -0.15) is 0 Å². The van der Waals surface area contributed by atoms with Crippen molar-refractivity contribution >= 4 is 11.9 Å². The molecule has 6 nitrogen and oxygen atoms in total. The fourth-order valence-electron chi connectivity index (χ4n) is 3.27. The van der Waals surface area contributed by atoms with Gasteiger partial charge in [0.2, 0.25) is 0 Å². The number of hydrogen-bond donors (Lipinski definition) is 0. The number of ether oxygens (including phenoxy) is 1. The number of halogens is 1. The van der Waals surface area contributed by atoms with Crippen molar-refractivity contribution in [3.05, 3.63) is 42.1 Å². The van der Waals surface area contributed by atoms with Gasteiger partial charge in [0, 0.05) is 25.6 Å². The molecule has 1 aliphatic rings. The number of ketones is 1. The minimum atomic E-state index is -0.551. The van der Waals surface area contributed by atoms with Gasteiger partial charge in [-0.15, -0.1) is 0 Å². The fourth-order valence-corrected chi connectivity index (χ4v) is 3.27. The molecule has 1 fully saturated rings. The number of benzene rings is 1. The van der Waals surface area contributed by atoms with E-state index in [0.29, 0.717) is 36.5 Å². The Bertz CT molecular complexity index is 852. The molecule has 144 valence electrons. The molecule has 1 aromatic carbocycles. The Hall–Kier alpha value is -2.70. The van der Waals surface area contributed by atoms with E-state index in [1.54, 1.807) is 23.4 Å². The Morgan fingerprint density at radius 2 is 1.89 bits per heavy atom. The van der Waals surface area contributed by atoms with Crippen molar-refractivity contribution in [2.45, 2.75) is 45.8 Å². The third-order valence-corrected chi connectivity index (χ3v) is 4.45. The van der Waals surface area contributed by atoms with Gasteiger partial charge in [-0.1, -0.05) is 0 Å². The molecule has 0 bridgehead atoms. The van der Waals surface area contributed by atoms with Crippen LogP contribution in [-0.2, 0) is 4.74 Å². The number of amides is 1. The topological polar surface area (TPSA) is 64.4 Å². The highest BCUT2D eigenvalue weighted by molar-refractivity contribution is 5.98. The summed E-state index contributed by atoms with van der Waals surface area (Å²) < 4.78 is 20.5. The largest absolute Gasteiger partial charge is 0.444 e. The molecule has 1 unspecified atom stereocenters. The van der Waals surface area contributed by atoms with E-state index < -0.39 is 5.60 Å². The van der Waals surface area contributed by atoms with Gasteiger partial charge in [-0.25, -0.2) is 14.2 Å². The zero-order chi connectivity index (χ0) is 19.8. The standard InChI is InChI=1S/C20H24FN3O3/c1-13(25)18-17(14-5-7-15(21)8-6-14)22-12-24(18)16-9-10-23(11-16)19(26)27-20(2,3)4/h5-8,12,16H,9-11H2,1-4H3. The predicted molar refractivity (Wildman–Crippen MR) is 99.1 cm³/mol. The SMILES string of the molecule is CC(=O)c1c(-c2ccc(F)cc2)ncn1C1CCN(C(=O)OC(C)(C)C)C1. The Balaban J connectivity index is 1.85. The number of aromatic nitrogens is 2. The molecule has 3 rings (SSSR count). The summed E-state index contributed by atoms with van der Waals surface area (Å²) in [5.74, 6) is -0.464. The van der Waals surface area contributed by atoms with E-state index >= 15 is 0 Å². The highest BCUT2D eigenvalue weighted by atomic mass is 19.1. The second-order valence-electron chi connectivity index (χ2n) is 7.78. The number of imidazole rings is 1. The minimum absolute atomic E-state index is 0.0573. The minimum Gasteiger partial charge on any atom is -0.444 e. The van der Waals surface area contributed by atoms with Crippen molar-refractivity contribution in [2.75, 3.05) is 13.1 Å². The first-order valence-electron chi connectivity index (χ1n) is 8.97. The van der Waals surface area contributed by atoms with Crippen molar-refractivity contribution in [1.82, 2.24) is 14.5 Å². The second-order valence-corrected chi connectivity index (χ2v) is 7.78.